The van der Waals surface area contributed by atoms with Crippen LogP contribution in [0.15, 0.2) is 0 Å². The second-order valence-corrected chi connectivity index (χ2v) is 5.04. The first-order valence-corrected chi connectivity index (χ1v) is 5.65. The molecular weight excluding hydrogens is 160 g/mol. The summed E-state index contributed by atoms with van der Waals surface area (Å²) in [5, 5.41) is 3.68. The molecule has 0 aromatic heterocycles. The molecule has 76 valence electrons. The van der Waals surface area contributed by atoms with E-state index in [9.17, 15) is 0 Å². The third-order valence-corrected chi connectivity index (χ3v) is 3.67. The highest BCUT2D eigenvalue weighted by molar-refractivity contribution is 4.96. The van der Waals surface area contributed by atoms with Gasteiger partial charge in [-0.25, -0.2) is 0 Å². The van der Waals surface area contributed by atoms with E-state index < -0.39 is 0 Å². The summed E-state index contributed by atoms with van der Waals surface area (Å²) in [6, 6.07) is 3.17. The highest BCUT2D eigenvalue weighted by atomic mass is 15.2. The molecule has 2 heterocycles. The molecule has 0 saturated carbocycles. The van der Waals surface area contributed by atoms with Gasteiger partial charge in [-0.15, -0.1) is 0 Å². The van der Waals surface area contributed by atoms with Crippen LogP contribution in [0.2, 0.25) is 0 Å². The molecule has 0 radical (unpaired) electrons. The van der Waals surface area contributed by atoms with Crippen LogP contribution < -0.4 is 5.32 Å². The number of hydrogen-bond acceptors (Lipinski definition) is 2. The summed E-state index contributed by atoms with van der Waals surface area (Å²) in [7, 11) is 2.30. The van der Waals surface area contributed by atoms with Crippen LogP contribution in [-0.2, 0) is 0 Å². The fraction of sp³-hybridized carbons (Fsp3) is 1.00. The fourth-order valence-corrected chi connectivity index (χ4v) is 3.02. The lowest BCUT2D eigenvalue weighted by molar-refractivity contribution is 0.145. The Balaban J connectivity index is 1.91. The van der Waals surface area contributed by atoms with Gasteiger partial charge in [0.15, 0.2) is 0 Å². The SMILES string of the molecule is CC(C)NC1C[C@H]2CC[C@H](C1)N2C. The smallest absolute Gasteiger partial charge is 0.0111 e. The highest BCUT2D eigenvalue weighted by Gasteiger charge is 2.38. The van der Waals surface area contributed by atoms with Gasteiger partial charge in [-0.2, -0.15) is 0 Å². The van der Waals surface area contributed by atoms with Gasteiger partial charge in [0.05, 0.1) is 0 Å². The molecule has 1 N–H and O–H groups in total. The maximum absolute atomic E-state index is 3.68. The summed E-state index contributed by atoms with van der Waals surface area (Å²) in [5.74, 6) is 0. The number of rotatable bonds is 2. The van der Waals surface area contributed by atoms with Gasteiger partial charge in [-0.05, 0) is 32.7 Å². The molecule has 2 nitrogen and oxygen atoms in total. The van der Waals surface area contributed by atoms with Gasteiger partial charge >= 0.3 is 0 Å². The van der Waals surface area contributed by atoms with Gasteiger partial charge in [-0.1, -0.05) is 13.8 Å². The van der Waals surface area contributed by atoms with Crippen molar-refractivity contribution in [3.8, 4) is 0 Å². The predicted octanol–water partition coefficient (Wildman–Crippen LogP) is 1.61. The van der Waals surface area contributed by atoms with Crippen molar-refractivity contribution in [1.29, 1.82) is 0 Å². The quantitative estimate of drug-likeness (QED) is 0.698. The summed E-state index contributed by atoms with van der Waals surface area (Å²) in [6.07, 6.45) is 5.59. The largest absolute Gasteiger partial charge is 0.312 e. The average molecular weight is 182 g/mol. The second-order valence-electron chi connectivity index (χ2n) is 5.04. The number of fused-ring (bicyclic) bond motifs is 2. The highest BCUT2D eigenvalue weighted by Crippen LogP contribution is 2.34. The monoisotopic (exact) mass is 182 g/mol. The lowest BCUT2D eigenvalue weighted by Crippen LogP contribution is -2.48. The third-order valence-electron chi connectivity index (χ3n) is 3.67. The third kappa shape index (κ3) is 1.89. The summed E-state index contributed by atoms with van der Waals surface area (Å²) >= 11 is 0. The van der Waals surface area contributed by atoms with Crippen molar-refractivity contribution in [2.45, 2.75) is 63.7 Å². The van der Waals surface area contributed by atoms with Gasteiger partial charge in [0.25, 0.3) is 0 Å². The molecule has 13 heavy (non-hydrogen) atoms. The first-order valence-electron chi connectivity index (χ1n) is 5.65. The van der Waals surface area contributed by atoms with Crippen LogP contribution in [0.4, 0.5) is 0 Å². The second kappa shape index (κ2) is 3.58. The summed E-state index contributed by atoms with van der Waals surface area (Å²) in [6.45, 7) is 4.50. The standard InChI is InChI=1S/C11H22N2/c1-8(2)12-9-6-10-4-5-11(7-9)13(10)3/h8-12H,4-7H2,1-3H3/t10-,11-/m1/s1. The molecule has 2 heteroatoms. The minimum absolute atomic E-state index is 0.646. The van der Waals surface area contributed by atoms with E-state index in [4.69, 9.17) is 0 Å². The lowest BCUT2D eigenvalue weighted by atomic mass is 9.97. The van der Waals surface area contributed by atoms with Gasteiger partial charge in [0.2, 0.25) is 0 Å². The van der Waals surface area contributed by atoms with Crippen LogP contribution >= 0.6 is 0 Å². The normalized spacial score (nSPS) is 40.2. The van der Waals surface area contributed by atoms with Crippen molar-refractivity contribution in [1.82, 2.24) is 10.2 Å². The molecule has 2 aliphatic heterocycles. The molecule has 2 bridgehead atoms. The molecule has 2 atom stereocenters. The minimum atomic E-state index is 0.646. The van der Waals surface area contributed by atoms with E-state index in [0.29, 0.717) is 6.04 Å². The molecule has 2 saturated heterocycles. The van der Waals surface area contributed by atoms with Crippen LogP contribution in [0.25, 0.3) is 0 Å². The first kappa shape index (κ1) is 9.47. The van der Waals surface area contributed by atoms with Crippen molar-refractivity contribution in [2.75, 3.05) is 7.05 Å². The zero-order valence-electron chi connectivity index (χ0n) is 9.09. The molecule has 0 aromatic rings. The molecule has 0 unspecified atom stereocenters. The molecule has 2 rings (SSSR count). The predicted molar refractivity (Wildman–Crippen MR) is 55.9 cm³/mol. The number of hydrogen-bond donors (Lipinski definition) is 1. The van der Waals surface area contributed by atoms with E-state index >= 15 is 0 Å². The molecule has 0 amide bonds. The maximum atomic E-state index is 3.68. The molecule has 2 aliphatic rings. The first-order chi connectivity index (χ1) is 6.16. The Labute approximate surface area is 81.7 Å². The average Bonchev–Trinajstić information content (AvgIpc) is 2.33. The van der Waals surface area contributed by atoms with E-state index in [2.05, 4.69) is 31.1 Å². The fourth-order valence-electron chi connectivity index (χ4n) is 3.02. The Bertz CT molecular complexity index is 165. The maximum Gasteiger partial charge on any atom is 0.0111 e. The van der Waals surface area contributed by atoms with E-state index in [1.165, 1.54) is 25.7 Å². The minimum Gasteiger partial charge on any atom is -0.312 e. The summed E-state index contributed by atoms with van der Waals surface area (Å²) in [5.41, 5.74) is 0. The lowest BCUT2D eigenvalue weighted by Gasteiger charge is -2.37. The molecule has 2 fully saturated rings. The van der Waals surface area contributed by atoms with E-state index in [1.54, 1.807) is 0 Å². The molecule has 0 aliphatic carbocycles. The van der Waals surface area contributed by atoms with Crippen molar-refractivity contribution < 1.29 is 0 Å². The van der Waals surface area contributed by atoms with Crippen LogP contribution in [0.5, 0.6) is 0 Å². The van der Waals surface area contributed by atoms with Crippen LogP contribution in [0.3, 0.4) is 0 Å². The topological polar surface area (TPSA) is 15.3 Å². The van der Waals surface area contributed by atoms with E-state index in [-0.39, 0.29) is 0 Å². The number of nitrogens with one attached hydrogen (secondary N) is 1. The van der Waals surface area contributed by atoms with Crippen LogP contribution in [-0.4, -0.2) is 36.1 Å². The van der Waals surface area contributed by atoms with Gasteiger partial charge in [0.1, 0.15) is 0 Å². The molecular formula is C11H22N2. The van der Waals surface area contributed by atoms with Crippen molar-refractivity contribution in [3.63, 3.8) is 0 Å². The molecule has 0 spiro atoms. The summed E-state index contributed by atoms with van der Waals surface area (Å²) < 4.78 is 0. The van der Waals surface area contributed by atoms with Crippen molar-refractivity contribution >= 4 is 0 Å². The van der Waals surface area contributed by atoms with Crippen molar-refractivity contribution in [2.24, 2.45) is 0 Å². The van der Waals surface area contributed by atoms with Gasteiger partial charge in [-0.3, -0.25) is 0 Å². The number of piperidine rings is 1. The Hall–Kier alpha value is -0.0800. The zero-order valence-corrected chi connectivity index (χ0v) is 9.09. The Morgan fingerprint density at radius 1 is 1.15 bits per heavy atom. The van der Waals surface area contributed by atoms with Crippen LogP contribution in [0, 0.1) is 0 Å². The van der Waals surface area contributed by atoms with E-state index in [1.807, 2.05) is 0 Å². The summed E-state index contributed by atoms with van der Waals surface area (Å²) in [4.78, 5) is 2.60. The Morgan fingerprint density at radius 3 is 2.15 bits per heavy atom. The van der Waals surface area contributed by atoms with Gasteiger partial charge < -0.3 is 10.2 Å². The zero-order chi connectivity index (χ0) is 9.42. The Kier molecular flexibility index (Phi) is 2.61. The number of nitrogens with zero attached hydrogens (tertiary/aromatic N) is 1. The molecule has 0 aromatic carbocycles. The van der Waals surface area contributed by atoms with E-state index in [0.717, 1.165) is 18.1 Å². The van der Waals surface area contributed by atoms with Crippen molar-refractivity contribution in [3.05, 3.63) is 0 Å². The van der Waals surface area contributed by atoms with Crippen LogP contribution in [0.1, 0.15) is 39.5 Å². The van der Waals surface area contributed by atoms with Gasteiger partial charge in [0, 0.05) is 24.2 Å². The Morgan fingerprint density at radius 2 is 1.69 bits per heavy atom.